The number of benzene rings is 1. The summed E-state index contributed by atoms with van der Waals surface area (Å²) >= 11 is 1.46. The predicted molar refractivity (Wildman–Crippen MR) is 208 cm³/mol. The van der Waals surface area contributed by atoms with Gasteiger partial charge in [0.15, 0.2) is 18.2 Å². The van der Waals surface area contributed by atoms with E-state index in [0.29, 0.717) is 61.9 Å². The number of ether oxygens (including phenoxy) is 2. The third kappa shape index (κ3) is 10.5. The number of piperazine rings is 1. The number of thiophene rings is 1. The Morgan fingerprint density at radius 2 is 1.69 bits per heavy atom. The van der Waals surface area contributed by atoms with Crippen LogP contribution < -0.4 is 15.8 Å². The molecule has 4 heterocycles. The van der Waals surface area contributed by atoms with Gasteiger partial charge < -0.3 is 25.4 Å². The summed E-state index contributed by atoms with van der Waals surface area (Å²) in [6, 6.07) is 10.7. The van der Waals surface area contributed by atoms with E-state index in [-0.39, 0.29) is 35.7 Å². The average Bonchev–Trinajstić information content (AvgIpc) is 3.86. The predicted octanol–water partition coefficient (Wildman–Crippen LogP) is 5.51. The first-order chi connectivity index (χ1) is 26.3. The quantitative estimate of drug-likeness (QED) is 0.139. The molecule has 1 aliphatic heterocycles. The number of nitrogens with zero attached hydrogens (tertiary/aromatic N) is 4. The molecule has 14 heteroatoms. The maximum absolute atomic E-state index is 15.1. The number of fused-ring (bicyclic) bond motifs is 1. The second kappa shape index (κ2) is 17.8. The number of halogens is 1. The number of carbonyl (C=O) groups is 4. The number of esters is 1. The molecule has 1 saturated heterocycles. The van der Waals surface area contributed by atoms with E-state index in [0.717, 1.165) is 33.7 Å². The minimum Gasteiger partial charge on any atom is -0.454 e. The third-order valence-corrected chi connectivity index (χ3v) is 11.2. The van der Waals surface area contributed by atoms with Crippen molar-refractivity contribution in [1.82, 2.24) is 25.1 Å². The van der Waals surface area contributed by atoms with E-state index in [1.165, 1.54) is 17.4 Å². The minimum atomic E-state index is -0.899. The van der Waals surface area contributed by atoms with Crippen molar-refractivity contribution < 1.29 is 33.0 Å². The van der Waals surface area contributed by atoms with Gasteiger partial charge in [0.25, 0.3) is 5.91 Å². The van der Waals surface area contributed by atoms with Crippen LogP contribution >= 0.6 is 11.3 Å². The molecule has 2 amide bonds. The molecular weight excluding hydrogens is 724 g/mol. The number of Topliss-reactive ketones (excluding diaryl/α,β-unsaturated/α-hetero) is 1. The molecule has 6 rings (SSSR count). The number of nitrogens with two attached hydrogens (primary N) is 1. The van der Waals surface area contributed by atoms with Crippen LogP contribution in [0.2, 0.25) is 0 Å². The maximum Gasteiger partial charge on any atom is 0.329 e. The molecule has 0 bridgehead atoms. The number of aromatic nitrogens is 2. The Labute approximate surface area is 324 Å². The van der Waals surface area contributed by atoms with Gasteiger partial charge in [-0.1, -0.05) is 39.8 Å². The van der Waals surface area contributed by atoms with E-state index in [9.17, 15) is 19.2 Å². The number of ketones is 1. The Morgan fingerprint density at radius 3 is 2.35 bits per heavy atom. The fourth-order valence-electron chi connectivity index (χ4n) is 6.36. The number of hydrogen-bond donors (Lipinski definition) is 2. The molecular formula is C41H49FN6O6S. The van der Waals surface area contributed by atoms with Crippen LogP contribution in [0, 0.1) is 23.6 Å². The van der Waals surface area contributed by atoms with Crippen molar-refractivity contribution in [3.8, 4) is 22.1 Å². The fraction of sp³-hybridized carbons (Fsp3) is 0.463. The topological polar surface area (TPSA) is 157 Å². The van der Waals surface area contributed by atoms with Crippen LogP contribution in [-0.2, 0) is 36.9 Å². The van der Waals surface area contributed by atoms with Gasteiger partial charge in [-0.05, 0) is 66.0 Å². The Bertz CT molecular complexity index is 2010. The Kier molecular flexibility index (Phi) is 12.9. The zero-order valence-electron chi connectivity index (χ0n) is 31.8. The zero-order chi connectivity index (χ0) is 39.2. The summed E-state index contributed by atoms with van der Waals surface area (Å²) in [6.07, 6.45) is 6.47. The lowest BCUT2D eigenvalue weighted by atomic mass is 10.0. The lowest BCUT2D eigenvalue weighted by Gasteiger charge is -2.34. The smallest absolute Gasteiger partial charge is 0.329 e. The molecule has 12 nitrogen and oxygen atoms in total. The van der Waals surface area contributed by atoms with Gasteiger partial charge in [0.2, 0.25) is 5.91 Å². The molecule has 2 atom stereocenters. The molecule has 292 valence electrons. The van der Waals surface area contributed by atoms with E-state index in [1.54, 1.807) is 43.1 Å². The van der Waals surface area contributed by atoms with Crippen molar-refractivity contribution in [3.63, 3.8) is 0 Å². The van der Waals surface area contributed by atoms with E-state index >= 15 is 4.39 Å². The summed E-state index contributed by atoms with van der Waals surface area (Å²) in [5.41, 5.74) is 9.08. The van der Waals surface area contributed by atoms with Crippen molar-refractivity contribution in [2.45, 2.75) is 72.0 Å². The van der Waals surface area contributed by atoms with Crippen molar-refractivity contribution in [1.29, 1.82) is 0 Å². The Morgan fingerprint density at radius 1 is 0.945 bits per heavy atom. The minimum absolute atomic E-state index is 0.0851. The van der Waals surface area contributed by atoms with Gasteiger partial charge in [-0.15, -0.1) is 11.3 Å². The summed E-state index contributed by atoms with van der Waals surface area (Å²) in [7, 11) is 0. The Balaban J connectivity index is 0.986. The van der Waals surface area contributed by atoms with Gasteiger partial charge in [-0.25, -0.2) is 9.18 Å². The van der Waals surface area contributed by atoms with E-state index in [2.05, 4.69) is 15.2 Å². The highest BCUT2D eigenvalue weighted by Gasteiger charge is 2.30. The summed E-state index contributed by atoms with van der Waals surface area (Å²) in [4.78, 5) is 64.4. The zero-order valence-corrected chi connectivity index (χ0v) is 32.6. The highest BCUT2D eigenvalue weighted by Crippen LogP contribution is 2.39. The van der Waals surface area contributed by atoms with Gasteiger partial charge >= 0.3 is 5.97 Å². The lowest BCUT2D eigenvalue weighted by molar-refractivity contribution is -0.156. The SMILES string of the molecule is CC(C)[C@H](N)C(=O)N[C@H](C(=O)OCC(=O)N1CCN(Cc2ccc(-c3cc4nccc(Oc5ccc(CC(=O)CC6CC6)cc5F)c4s3)nc2)CC1)C(C)C. The summed E-state index contributed by atoms with van der Waals surface area (Å²) in [6.45, 7) is 9.76. The maximum atomic E-state index is 15.1. The molecule has 2 fully saturated rings. The highest BCUT2D eigenvalue weighted by atomic mass is 32.1. The first kappa shape index (κ1) is 39.9. The van der Waals surface area contributed by atoms with Gasteiger partial charge in [0.1, 0.15) is 17.6 Å². The van der Waals surface area contributed by atoms with E-state index < -0.39 is 36.4 Å². The number of nitrogens with one attached hydrogen (secondary N) is 1. The summed E-state index contributed by atoms with van der Waals surface area (Å²) < 4.78 is 27.2. The van der Waals surface area contributed by atoms with Crippen LogP contribution in [0.4, 0.5) is 4.39 Å². The number of carbonyl (C=O) groups excluding carboxylic acids is 4. The second-order valence-electron chi connectivity index (χ2n) is 15.2. The molecule has 3 N–H and O–H groups in total. The van der Waals surface area contributed by atoms with Crippen LogP contribution in [-0.4, -0.2) is 88.2 Å². The van der Waals surface area contributed by atoms with Gasteiger partial charge in [-0.2, -0.15) is 0 Å². The first-order valence-electron chi connectivity index (χ1n) is 18.9. The largest absolute Gasteiger partial charge is 0.454 e. The fourth-order valence-corrected chi connectivity index (χ4v) is 7.40. The number of rotatable bonds is 16. The molecule has 1 aromatic carbocycles. The standard InChI is InChI=1S/C41H49FN6O6S/c1-24(2)37(43)40(51)46-38(25(3)4)41(52)53-23-36(50)48-15-13-47(14-16-48)22-28-7-9-31(45-21-28)35-20-32-39(55-35)34(11-12-44-32)54-33-10-8-27(19-30(33)42)18-29(49)17-26-5-6-26/h7-12,19-21,24-26,37-38H,5-6,13-18,22-23,43H2,1-4H3,(H,46,51)/t37-,38-/m0/s1. The molecule has 1 aliphatic carbocycles. The molecule has 0 radical (unpaired) electrons. The van der Waals surface area contributed by atoms with Crippen LogP contribution in [0.3, 0.4) is 0 Å². The normalized spacial score (nSPS) is 16.0. The molecule has 0 spiro atoms. The third-order valence-electron chi connectivity index (χ3n) is 9.99. The highest BCUT2D eigenvalue weighted by molar-refractivity contribution is 7.22. The molecule has 0 unspecified atom stereocenters. The van der Waals surface area contributed by atoms with Crippen LogP contribution in [0.1, 0.15) is 58.1 Å². The number of hydrogen-bond acceptors (Lipinski definition) is 11. The Hall–Kier alpha value is -4.79. The molecule has 3 aromatic heterocycles. The van der Waals surface area contributed by atoms with Crippen LogP contribution in [0.15, 0.2) is 54.9 Å². The second-order valence-corrected chi connectivity index (χ2v) is 16.2. The molecule has 4 aromatic rings. The van der Waals surface area contributed by atoms with Gasteiger partial charge in [0, 0.05) is 64.0 Å². The van der Waals surface area contributed by atoms with E-state index in [4.69, 9.17) is 20.2 Å². The summed E-state index contributed by atoms with van der Waals surface area (Å²) in [5.74, 6) is -1.01. The van der Waals surface area contributed by atoms with Crippen LogP contribution in [0.5, 0.6) is 11.5 Å². The monoisotopic (exact) mass is 772 g/mol. The van der Waals surface area contributed by atoms with Gasteiger partial charge in [0.05, 0.1) is 26.8 Å². The van der Waals surface area contributed by atoms with Crippen molar-refractivity contribution in [2.75, 3.05) is 32.8 Å². The number of pyridine rings is 2. The molecule has 1 saturated carbocycles. The molecule has 55 heavy (non-hydrogen) atoms. The lowest BCUT2D eigenvalue weighted by Crippen LogP contribution is -2.53. The van der Waals surface area contributed by atoms with E-state index in [1.807, 2.05) is 38.2 Å². The number of amides is 2. The van der Waals surface area contributed by atoms with Crippen molar-refractivity contribution in [3.05, 3.63) is 71.8 Å². The van der Waals surface area contributed by atoms with Crippen LogP contribution in [0.25, 0.3) is 20.8 Å². The van der Waals surface area contributed by atoms with Gasteiger partial charge in [-0.3, -0.25) is 29.3 Å². The average molecular weight is 773 g/mol. The first-order valence-corrected chi connectivity index (χ1v) is 19.7. The summed E-state index contributed by atoms with van der Waals surface area (Å²) in [5, 5.41) is 2.67. The van der Waals surface area contributed by atoms with Crippen molar-refractivity contribution >= 4 is 45.1 Å². The molecule has 2 aliphatic rings. The van der Waals surface area contributed by atoms with Crippen molar-refractivity contribution in [2.24, 2.45) is 23.5 Å².